The molecule has 0 unspecified atom stereocenters. The number of benzene rings is 2. The number of nitrogens with zero attached hydrogens (tertiary/aromatic N) is 4. The largest absolute Gasteiger partial charge is 0.274 e. The molecule has 0 bridgehead atoms. The fourth-order valence-corrected chi connectivity index (χ4v) is 3.77. The molecule has 1 aliphatic heterocycles. The van der Waals surface area contributed by atoms with Gasteiger partial charge in [0.15, 0.2) is 0 Å². The monoisotopic (exact) mass is 380 g/mol. The summed E-state index contributed by atoms with van der Waals surface area (Å²) in [5.41, 5.74) is 2.20. The molecule has 138 valence electrons. The third kappa shape index (κ3) is 3.23. The van der Waals surface area contributed by atoms with Gasteiger partial charge in [-0.1, -0.05) is 67.9 Å². The highest BCUT2D eigenvalue weighted by atomic mass is 35.5. The van der Waals surface area contributed by atoms with Gasteiger partial charge < -0.3 is 0 Å². The van der Waals surface area contributed by atoms with Gasteiger partial charge in [0.25, 0.3) is 0 Å². The second-order valence-electron chi connectivity index (χ2n) is 7.10. The molecule has 0 N–H and O–H groups in total. The first-order valence-corrected chi connectivity index (χ1v) is 9.47. The maximum atomic E-state index is 13.1. The van der Waals surface area contributed by atoms with Gasteiger partial charge in [-0.25, -0.2) is 4.68 Å². The van der Waals surface area contributed by atoms with Crippen LogP contribution in [0, 0.1) is 5.92 Å². The third-order valence-electron chi connectivity index (χ3n) is 4.99. The molecule has 0 fully saturated rings. The molecule has 2 aromatic carbocycles. The van der Waals surface area contributed by atoms with Crippen LogP contribution in [-0.4, -0.2) is 20.7 Å². The number of carbonyl (C=O) groups is 1. The first kappa shape index (κ1) is 17.7. The quantitative estimate of drug-likeness (QED) is 0.664. The summed E-state index contributed by atoms with van der Waals surface area (Å²) < 4.78 is 1.86. The van der Waals surface area contributed by atoms with E-state index in [0.717, 1.165) is 17.5 Å². The van der Waals surface area contributed by atoms with Gasteiger partial charge in [-0.05, 0) is 29.7 Å². The van der Waals surface area contributed by atoms with E-state index >= 15 is 0 Å². The second kappa shape index (κ2) is 7.16. The van der Waals surface area contributed by atoms with Crippen LogP contribution in [0.25, 0.3) is 0 Å². The average Bonchev–Trinajstić information content (AvgIpc) is 3.17. The number of amides is 1. The van der Waals surface area contributed by atoms with E-state index in [9.17, 15) is 4.79 Å². The molecule has 2 atom stereocenters. The van der Waals surface area contributed by atoms with Crippen molar-refractivity contribution in [2.45, 2.75) is 32.4 Å². The Balaban J connectivity index is 1.85. The van der Waals surface area contributed by atoms with Crippen LogP contribution in [0.3, 0.4) is 0 Å². The summed E-state index contributed by atoms with van der Waals surface area (Å²) in [4.78, 5) is 19.3. The van der Waals surface area contributed by atoms with E-state index in [1.165, 1.54) is 6.33 Å². The fraction of sp³-hybridized carbons (Fsp3) is 0.286. The molecule has 1 amide bonds. The second-order valence-corrected chi connectivity index (χ2v) is 7.53. The molecule has 0 aliphatic carbocycles. The van der Waals surface area contributed by atoms with Gasteiger partial charge in [0.05, 0.1) is 12.1 Å². The molecule has 4 rings (SSSR count). The minimum Gasteiger partial charge on any atom is -0.274 e. The van der Waals surface area contributed by atoms with E-state index in [1.807, 2.05) is 61.0 Å². The molecule has 5 nitrogen and oxygen atoms in total. The number of fused-ring (bicyclic) bond motifs is 1. The summed E-state index contributed by atoms with van der Waals surface area (Å²) in [5, 5.41) is 5.12. The SMILES string of the molecule is CC(C)C(=O)N1c2ncnn2[C@@H](c2ccccc2)C[C@H]1c1ccc(Cl)cc1. The summed E-state index contributed by atoms with van der Waals surface area (Å²) in [6, 6.07) is 17.8. The van der Waals surface area contributed by atoms with Crippen molar-refractivity contribution in [2.24, 2.45) is 5.92 Å². The van der Waals surface area contributed by atoms with Crippen molar-refractivity contribution in [1.29, 1.82) is 0 Å². The zero-order valence-electron chi connectivity index (χ0n) is 15.3. The average molecular weight is 381 g/mol. The summed E-state index contributed by atoms with van der Waals surface area (Å²) >= 11 is 6.08. The Kier molecular flexibility index (Phi) is 4.70. The Hall–Kier alpha value is -2.66. The maximum absolute atomic E-state index is 13.1. The molecule has 2 heterocycles. The summed E-state index contributed by atoms with van der Waals surface area (Å²) in [6.45, 7) is 3.82. The minimum atomic E-state index is -0.141. The van der Waals surface area contributed by atoms with Crippen LogP contribution in [0.1, 0.15) is 43.5 Å². The molecule has 1 aromatic heterocycles. The van der Waals surface area contributed by atoms with Crippen molar-refractivity contribution < 1.29 is 4.79 Å². The number of anilines is 1. The van der Waals surface area contributed by atoms with Gasteiger partial charge in [-0.3, -0.25) is 9.69 Å². The molecule has 0 saturated carbocycles. The van der Waals surface area contributed by atoms with Gasteiger partial charge in [0.1, 0.15) is 6.33 Å². The lowest BCUT2D eigenvalue weighted by atomic mass is 9.91. The third-order valence-corrected chi connectivity index (χ3v) is 5.25. The van der Waals surface area contributed by atoms with E-state index in [1.54, 1.807) is 4.90 Å². The van der Waals surface area contributed by atoms with E-state index in [2.05, 4.69) is 22.2 Å². The topological polar surface area (TPSA) is 51.0 Å². The van der Waals surface area contributed by atoms with Crippen molar-refractivity contribution >= 4 is 23.5 Å². The standard InChI is InChI=1S/C21H21ClN4O/c1-14(2)20(27)25-18(16-8-10-17(22)11-9-16)12-19(15-6-4-3-5-7-15)26-21(25)23-13-24-26/h3-11,13-14,18-19H,12H2,1-2H3/t18-,19+/m0/s1. The Morgan fingerprint density at radius 3 is 2.37 bits per heavy atom. The number of hydrogen-bond donors (Lipinski definition) is 0. The predicted octanol–water partition coefficient (Wildman–Crippen LogP) is 4.65. The Labute approximate surface area is 163 Å². The Morgan fingerprint density at radius 2 is 1.70 bits per heavy atom. The van der Waals surface area contributed by atoms with Crippen LogP contribution in [0.15, 0.2) is 60.9 Å². The summed E-state index contributed by atoms with van der Waals surface area (Å²) in [5.74, 6) is 0.489. The van der Waals surface area contributed by atoms with Gasteiger partial charge in [-0.2, -0.15) is 10.1 Å². The van der Waals surface area contributed by atoms with Crippen molar-refractivity contribution in [1.82, 2.24) is 14.8 Å². The van der Waals surface area contributed by atoms with E-state index in [4.69, 9.17) is 11.6 Å². The lowest BCUT2D eigenvalue weighted by Gasteiger charge is -2.39. The first-order valence-electron chi connectivity index (χ1n) is 9.09. The van der Waals surface area contributed by atoms with Crippen molar-refractivity contribution in [3.8, 4) is 0 Å². The lowest BCUT2D eigenvalue weighted by molar-refractivity contribution is -0.122. The van der Waals surface area contributed by atoms with Gasteiger partial charge in [0, 0.05) is 10.9 Å². The van der Waals surface area contributed by atoms with Crippen LogP contribution in [0.2, 0.25) is 5.02 Å². The highest BCUT2D eigenvalue weighted by Crippen LogP contribution is 2.42. The smallest absolute Gasteiger partial charge is 0.232 e. The molecule has 3 aromatic rings. The van der Waals surface area contributed by atoms with Gasteiger partial charge >= 0.3 is 0 Å². The van der Waals surface area contributed by atoms with Crippen molar-refractivity contribution in [2.75, 3.05) is 4.90 Å². The summed E-state index contributed by atoms with van der Waals surface area (Å²) in [6.07, 6.45) is 2.25. The van der Waals surface area contributed by atoms with Crippen LogP contribution in [-0.2, 0) is 4.79 Å². The van der Waals surface area contributed by atoms with Gasteiger partial charge in [0.2, 0.25) is 11.9 Å². The molecule has 0 radical (unpaired) electrons. The zero-order chi connectivity index (χ0) is 19.0. The zero-order valence-corrected chi connectivity index (χ0v) is 16.0. The van der Waals surface area contributed by atoms with Crippen LogP contribution < -0.4 is 4.90 Å². The highest BCUT2D eigenvalue weighted by Gasteiger charge is 2.39. The maximum Gasteiger partial charge on any atom is 0.232 e. The fourth-order valence-electron chi connectivity index (χ4n) is 3.65. The Bertz CT molecular complexity index is 936. The normalized spacial score (nSPS) is 19.2. The van der Waals surface area contributed by atoms with Crippen molar-refractivity contribution in [3.63, 3.8) is 0 Å². The highest BCUT2D eigenvalue weighted by molar-refractivity contribution is 6.30. The number of hydrogen-bond acceptors (Lipinski definition) is 3. The molecule has 1 aliphatic rings. The summed E-state index contributed by atoms with van der Waals surface area (Å²) in [7, 11) is 0. The Morgan fingerprint density at radius 1 is 1.04 bits per heavy atom. The number of aromatic nitrogens is 3. The minimum absolute atomic E-state index is 0.0144. The lowest BCUT2D eigenvalue weighted by Crippen LogP contribution is -2.44. The van der Waals surface area contributed by atoms with Crippen molar-refractivity contribution in [3.05, 3.63) is 77.1 Å². The van der Waals surface area contributed by atoms with E-state index in [-0.39, 0.29) is 23.9 Å². The predicted molar refractivity (Wildman–Crippen MR) is 106 cm³/mol. The van der Waals surface area contributed by atoms with Gasteiger partial charge in [-0.15, -0.1) is 0 Å². The van der Waals surface area contributed by atoms with E-state index < -0.39 is 0 Å². The van der Waals surface area contributed by atoms with Crippen LogP contribution >= 0.6 is 11.6 Å². The molecule has 6 heteroatoms. The molecule has 27 heavy (non-hydrogen) atoms. The van der Waals surface area contributed by atoms with Crippen LogP contribution in [0.4, 0.5) is 5.95 Å². The molecular formula is C21H21ClN4O. The molecule has 0 saturated heterocycles. The number of carbonyl (C=O) groups excluding carboxylic acids is 1. The molecular weight excluding hydrogens is 360 g/mol. The number of rotatable bonds is 3. The first-order chi connectivity index (χ1) is 13.1. The molecule has 0 spiro atoms. The van der Waals surface area contributed by atoms with E-state index in [0.29, 0.717) is 11.0 Å². The number of halogens is 1. The van der Waals surface area contributed by atoms with Crippen LogP contribution in [0.5, 0.6) is 0 Å².